The van der Waals surface area contributed by atoms with Crippen molar-refractivity contribution in [3.05, 3.63) is 23.8 Å². The molecule has 2 rings (SSSR count). The Hall–Kier alpha value is -2.24. The number of hydrogen-bond donors (Lipinski definition) is 2. The maximum atomic E-state index is 12.4. The van der Waals surface area contributed by atoms with Crippen LogP contribution in [0.4, 0.5) is 10.5 Å². The van der Waals surface area contributed by atoms with Gasteiger partial charge in [-0.3, -0.25) is 4.90 Å². The first-order valence-electron chi connectivity index (χ1n) is 6.94. The molecule has 0 bridgehead atoms. The van der Waals surface area contributed by atoms with Gasteiger partial charge in [-0.2, -0.15) is 0 Å². The van der Waals surface area contributed by atoms with E-state index in [4.69, 9.17) is 4.74 Å². The number of carbonyl (C=O) groups is 2. The largest absolute Gasteiger partial charge is 0.489 e. The van der Waals surface area contributed by atoms with Crippen LogP contribution in [0.2, 0.25) is 0 Å². The summed E-state index contributed by atoms with van der Waals surface area (Å²) in [6.07, 6.45) is 0.797. The molecule has 0 spiro atoms. The Morgan fingerprint density at radius 2 is 2.14 bits per heavy atom. The molecule has 21 heavy (non-hydrogen) atoms. The molecule has 2 amide bonds. The van der Waals surface area contributed by atoms with Gasteiger partial charge in [0.15, 0.2) is 5.75 Å². The van der Waals surface area contributed by atoms with E-state index >= 15 is 0 Å². The van der Waals surface area contributed by atoms with Crippen molar-refractivity contribution in [2.24, 2.45) is 0 Å². The minimum atomic E-state index is -1.07. The maximum Gasteiger partial charge on any atom is 0.339 e. The maximum absolute atomic E-state index is 12.4. The van der Waals surface area contributed by atoms with Crippen LogP contribution in [0.1, 0.15) is 37.6 Å². The lowest BCUT2D eigenvalue weighted by molar-refractivity contribution is 0.0691. The van der Waals surface area contributed by atoms with E-state index in [1.54, 1.807) is 12.1 Å². The molecule has 6 heteroatoms. The van der Waals surface area contributed by atoms with Gasteiger partial charge in [-0.05, 0) is 32.4 Å². The van der Waals surface area contributed by atoms with Gasteiger partial charge in [-0.1, -0.05) is 13.0 Å². The molecule has 1 aromatic carbocycles. The third-order valence-electron chi connectivity index (χ3n) is 3.65. The third kappa shape index (κ3) is 3.09. The van der Waals surface area contributed by atoms with E-state index in [0.717, 1.165) is 6.42 Å². The first-order valence-corrected chi connectivity index (χ1v) is 6.94. The zero-order chi connectivity index (χ0) is 15.6. The van der Waals surface area contributed by atoms with E-state index in [9.17, 15) is 14.7 Å². The smallest absolute Gasteiger partial charge is 0.339 e. The second kappa shape index (κ2) is 5.63. The second-order valence-corrected chi connectivity index (χ2v) is 5.63. The predicted molar refractivity (Wildman–Crippen MR) is 79.1 cm³/mol. The van der Waals surface area contributed by atoms with Crippen LogP contribution in [0.3, 0.4) is 0 Å². The zero-order valence-electron chi connectivity index (χ0n) is 12.5. The second-order valence-electron chi connectivity index (χ2n) is 5.63. The first-order chi connectivity index (χ1) is 9.85. The number of carboxylic acid groups (broad SMARTS) is 1. The van der Waals surface area contributed by atoms with Gasteiger partial charge in [-0.25, -0.2) is 9.59 Å². The van der Waals surface area contributed by atoms with E-state index in [1.165, 1.54) is 11.0 Å². The molecule has 0 saturated heterocycles. The van der Waals surface area contributed by atoms with Crippen LogP contribution in [0.25, 0.3) is 0 Å². The van der Waals surface area contributed by atoms with Crippen molar-refractivity contribution in [2.45, 2.75) is 32.7 Å². The molecule has 1 aliphatic heterocycles. The van der Waals surface area contributed by atoms with Crippen LogP contribution in [0, 0.1) is 0 Å². The van der Waals surface area contributed by atoms with Crippen molar-refractivity contribution in [1.29, 1.82) is 0 Å². The molecule has 1 aromatic rings. The van der Waals surface area contributed by atoms with Crippen molar-refractivity contribution < 1.29 is 19.4 Å². The van der Waals surface area contributed by atoms with Crippen molar-refractivity contribution in [1.82, 2.24) is 5.32 Å². The molecule has 1 aliphatic rings. The Morgan fingerprint density at radius 1 is 1.43 bits per heavy atom. The zero-order valence-corrected chi connectivity index (χ0v) is 12.5. The minimum absolute atomic E-state index is 0.0692. The van der Waals surface area contributed by atoms with Crippen molar-refractivity contribution in [3.63, 3.8) is 0 Å². The van der Waals surface area contributed by atoms with Crippen LogP contribution < -0.4 is 15.0 Å². The summed E-state index contributed by atoms with van der Waals surface area (Å²) in [5.41, 5.74) is 0.241. The number of carbonyl (C=O) groups excluding carboxylic acids is 1. The highest BCUT2D eigenvalue weighted by atomic mass is 16.5. The van der Waals surface area contributed by atoms with E-state index in [-0.39, 0.29) is 29.5 Å². The number of fused-ring (bicyclic) bond motifs is 1. The number of anilines is 1. The van der Waals surface area contributed by atoms with E-state index in [1.807, 2.05) is 20.8 Å². The molecule has 0 unspecified atom stereocenters. The fourth-order valence-corrected chi connectivity index (χ4v) is 2.07. The molecular weight excluding hydrogens is 272 g/mol. The van der Waals surface area contributed by atoms with Gasteiger partial charge in [0, 0.05) is 5.54 Å². The molecule has 1 heterocycles. The summed E-state index contributed by atoms with van der Waals surface area (Å²) in [4.78, 5) is 25.2. The molecule has 0 aliphatic carbocycles. The van der Waals surface area contributed by atoms with Crippen LogP contribution in [0.15, 0.2) is 18.2 Å². The topological polar surface area (TPSA) is 78.9 Å². The fraction of sp³-hybridized carbons (Fsp3) is 0.467. The number of hydrogen-bond acceptors (Lipinski definition) is 3. The number of carboxylic acids is 1. The SMILES string of the molecule is CCC(C)(C)NC(=O)N1CCOc2c(C(=O)O)cccc21. The van der Waals surface area contributed by atoms with Crippen molar-refractivity contribution >= 4 is 17.7 Å². The van der Waals surface area contributed by atoms with Gasteiger partial charge < -0.3 is 15.2 Å². The number of nitrogens with one attached hydrogen (secondary N) is 1. The molecule has 114 valence electrons. The lowest BCUT2D eigenvalue weighted by atomic mass is 10.0. The van der Waals surface area contributed by atoms with Crippen LogP contribution in [-0.4, -0.2) is 35.8 Å². The van der Waals surface area contributed by atoms with Gasteiger partial charge in [0.05, 0.1) is 12.2 Å². The Labute approximate surface area is 123 Å². The third-order valence-corrected chi connectivity index (χ3v) is 3.65. The molecule has 0 saturated carbocycles. The lowest BCUT2D eigenvalue weighted by Gasteiger charge is -2.33. The van der Waals surface area contributed by atoms with E-state index < -0.39 is 5.97 Å². The highest BCUT2D eigenvalue weighted by molar-refractivity contribution is 5.99. The molecule has 0 aromatic heterocycles. The average Bonchev–Trinajstić information content (AvgIpc) is 2.45. The Balaban J connectivity index is 2.33. The number of amides is 2. The number of benzene rings is 1. The average molecular weight is 292 g/mol. The molecule has 2 N–H and O–H groups in total. The number of ether oxygens (including phenoxy) is 1. The molecule has 0 atom stereocenters. The highest BCUT2D eigenvalue weighted by Gasteiger charge is 2.29. The van der Waals surface area contributed by atoms with Crippen LogP contribution >= 0.6 is 0 Å². The Morgan fingerprint density at radius 3 is 2.76 bits per heavy atom. The van der Waals surface area contributed by atoms with Crippen molar-refractivity contribution in [3.8, 4) is 5.75 Å². The summed E-state index contributed by atoms with van der Waals surface area (Å²) in [6.45, 7) is 6.55. The quantitative estimate of drug-likeness (QED) is 0.897. The molecule has 0 radical (unpaired) electrons. The number of rotatable bonds is 3. The van der Waals surface area contributed by atoms with Gasteiger partial charge >= 0.3 is 12.0 Å². The summed E-state index contributed by atoms with van der Waals surface area (Å²) < 4.78 is 5.45. The lowest BCUT2D eigenvalue weighted by Crippen LogP contribution is -2.52. The summed E-state index contributed by atoms with van der Waals surface area (Å²) in [6, 6.07) is 4.54. The highest BCUT2D eigenvalue weighted by Crippen LogP contribution is 2.35. The van der Waals surface area contributed by atoms with Gasteiger partial charge in [-0.15, -0.1) is 0 Å². The monoisotopic (exact) mass is 292 g/mol. The first kappa shape index (κ1) is 15.2. The predicted octanol–water partition coefficient (Wildman–Crippen LogP) is 2.48. The normalized spacial score (nSPS) is 14.1. The van der Waals surface area contributed by atoms with E-state index in [0.29, 0.717) is 12.2 Å². The Kier molecular flexibility index (Phi) is 4.06. The fourth-order valence-electron chi connectivity index (χ4n) is 2.07. The van der Waals surface area contributed by atoms with Crippen LogP contribution in [0.5, 0.6) is 5.75 Å². The standard InChI is InChI=1S/C15H20N2O4/c1-4-15(2,3)16-14(20)17-8-9-21-12-10(13(18)19)6-5-7-11(12)17/h5-7H,4,8-9H2,1-3H3,(H,16,20)(H,18,19). The molecule has 6 nitrogen and oxygen atoms in total. The van der Waals surface area contributed by atoms with Gasteiger partial charge in [0.2, 0.25) is 0 Å². The van der Waals surface area contributed by atoms with Crippen molar-refractivity contribution in [2.75, 3.05) is 18.1 Å². The molecule has 0 fully saturated rings. The Bertz CT molecular complexity index is 569. The number of nitrogens with zero attached hydrogens (tertiary/aromatic N) is 1. The van der Waals surface area contributed by atoms with Gasteiger partial charge in [0.25, 0.3) is 0 Å². The number of para-hydroxylation sites is 1. The summed E-state index contributed by atoms with van der Waals surface area (Å²) in [5.74, 6) is -0.816. The van der Waals surface area contributed by atoms with E-state index in [2.05, 4.69) is 5.32 Å². The summed E-state index contributed by atoms with van der Waals surface area (Å²) in [7, 11) is 0. The van der Waals surface area contributed by atoms with Gasteiger partial charge in [0.1, 0.15) is 12.2 Å². The summed E-state index contributed by atoms with van der Waals surface area (Å²) >= 11 is 0. The molecular formula is C15H20N2O4. The minimum Gasteiger partial charge on any atom is -0.489 e. The number of aromatic carboxylic acids is 1. The number of urea groups is 1. The van der Waals surface area contributed by atoms with Crippen LogP contribution in [-0.2, 0) is 0 Å². The summed E-state index contributed by atoms with van der Waals surface area (Å²) in [5, 5.41) is 12.1.